The Morgan fingerprint density at radius 3 is 2.73 bits per heavy atom. The second kappa shape index (κ2) is 2.88. The normalized spacial score (nSPS) is 8.73. The van der Waals surface area contributed by atoms with Crippen LogP contribution in [0.1, 0.15) is 5.56 Å². The summed E-state index contributed by atoms with van der Waals surface area (Å²) in [4.78, 5) is 10.1. The number of rotatable bonds is 1. The molecule has 1 aromatic carbocycles. The summed E-state index contributed by atoms with van der Waals surface area (Å²) in [6, 6.07) is 5.40. The predicted molar refractivity (Wildman–Crippen MR) is 35.1 cm³/mol. The summed E-state index contributed by atoms with van der Waals surface area (Å²) in [5.41, 5.74) is -0.282. The molecule has 0 aliphatic heterocycles. The average molecular weight is 151 g/mol. The van der Waals surface area contributed by atoms with Gasteiger partial charge < -0.3 is 0 Å². The number of hydrogen-bond donors (Lipinski definition) is 1. The van der Waals surface area contributed by atoms with E-state index >= 15 is 0 Å². The molecule has 0 aliphatic rings. The van der Waals surface area contributed by atoms with Crippen molar-refractivity contribution >= 4 is 5.69 Å². The Kier molecular flexibility index (Phi) is 1.93. The maximum absolute atomic E-state index is 12.6. The molecular formula is C7H4FN2O+. The fourth-order valence-corrected chi connectivity index (χ4v) is 0.723. The molecule has 0 aromatic heterocycles. The fraction of sp³-hybridized carbons (Fsp3) is 0. The summed E-state index contributed by atoms with van der Waals surface area (Å²) in [6.07, 6.45) is 0. The van der Waals surface area contributed by atoms with E-state index in [1.54, 1.807) is 6.07 Å². The Hall–Kier alpha value is -1.76. The van der Waals surface area contributed by atoms with E-state index in [9.17, 15) is 9.30 Å². The molecule has 0 spiro atoms. The second-order valence-corrected chi connectivity index (χ2v) is 1.88. The number of nitrogens with zero attached hydrogens (tertiary/aromatic N) is 1. The van der Waals surface area contributed by atoms with Gasteiger partial charge in [-0.3, -0.25) is 0 Å². The van der Waals surface area contributed by atoms with Crippen molar-refractivity contribution in [3.63, 3.8) is 0 Å². The lowest BCUT2D eigenvalue weighted by Gasteiger charge is -1.88. The van der Waals surface area contributed by atoms with Gasteiger partial charge in [0, 0.05) is 16.2 Å². The zero-order chi connectivity index (χ0) is 8.27. The van der Waals surface area contributed by atoms with E-state index in [1.807, 2.05) is 0 Å². The first-order chi connectivity index (χ1) is 5.29. The first-order valence-corrected chi connectivity index (χ1v) is 2.86. The van der Waals surface area contributed by atoms with Gasteiger partial charge in [-0.05, 0) is 6.07 Å². The zero-order valence-electron chi connectivity index (χ0n) is 5.47. The van der Waals surface area contributed by atoms with Crippen molar-refractivity contribution in [3.05, 3.63) is 34.5 Å². The summed E-state index contributed by atoms with van der Waals surface area (Å²) in [6.45, 7) is 0. The van der Waals surface area contributed by atoms with Crippen LogP contribution in [0.15, 0.2) is 18.2 Å². The van der Waals surface area contributed by atoms with Crippen LogP contribution in [0.3, 0.4) is 0 Å². The van der Waals surface area contributed by atoms with Crippen molar-refractivity contribution in [1.82, 2.24) is 0 Å². The summed E-state index contributed by atoms with van der Waals surface area (Å²) in [5, 5.41) is 9.84. The van der Waals surface area contributed by atoms with Gasteiger partial charge in [0.25, 0.3) is 5.69 Å². The standard InChI is InChI=1S/C7H3FN2O/c8-6-2-1-3-7(10-11)5(6)4-9/h1-3H/p+1. The van der Waals surface area contributed by atoms with Gasteiger partial charge in [0.15, 0.2) is 5.56 Å². The first kappa shape index (κ1) is 7.35. The number of nitroso groups, excluding NO2 is 1. The fourth-order valence-electron chi connectivity index (χ4n) is 0.723. The van der Waals surface area contributed by atoms with Crippen LogP contribution in [-0.4, -0.2) is 0 Å². The molecule has 0 fully saturated rings. The Morgan fingerprint density at radius 2 is 2.27 bits per heavy atom. The summed E-state index contributed by atoms with van der Waals surface area (Å²) in [5.74, 6) is -0.687. The van der Waals surface area contributed by atoms with Crippen molar-refractivity contribution < 1.29 is 9.57 Å². The molecule has 0 saturated carbocycles. The third-order valence-corrected chi connectivity index (χ3v) is 1.24. The molecular weight excluding hydrogens is 147 g/mol. The molecule has 0 radical (unpaired) electrons. The van der Waals surface area contributed by atoms with Gasteiger partial charge in [-0.15, -0.1) is 0 Å². The van der Waals surface area contributed by atoms with Gasteiger partial charge in [0.05, 0.1) is 0 Å². The van der Waals surface area contributed by atoms with E-state index in [1.165, 1.54) is 17.3 Å². The summed E-state index contributed by atoms with van der Waals surface area (Å²) in [7, 11) is 0. The van der Waals surface area contributed by atoms with Crippen LogP contribution in [0, 0.1) is 22.1 Å². The van der Waals surface area contributed by atoms with Gasteiger partial charge in [0.1, 0.15) is 11.9 Å². The van der Waals surface area contributed by atoms with Crippen LogP contribution in [0.4, 0.5) is 10.1 Å². The number of halogens is 1. The van der Waals surface area contributed by atoms with Gasteiger partial charge >= 0.3 is 0 Å². The molecule has 1 aromatic rings. The highest BCUT2D eigenvalue weighted by Crippen LogP contribution is 2.11. The molecule has 1 rings (SSSR count). The van der Waals surface area contributed by atoms with E-state index in [4.69, 9.17) is 5.26 Å². The minimum Gasteiger partial charge on any atom is -0.205 e. The van der Waals surface area contributed by atoms with E-state index in [0.29, 0.717) is 0 Å². The number of benzene rings is 1. The quantitative estimate of drug-likeness (QED) is 0.622. The molecule has 4 heteroatoms. The maximum Gasteiger partial charge on any atom is 0.274 e. The van der Waals surface area contributed by atoms with Crippen molar-refractivity contribution in [2.45, 2.75) is 0 Å². The third-order valence-electron chi connectivity index (χ3n) is 1.24. The molecule has 0 heterocycles. The molecule has 0 unspecified atom stereocenters. The van der Waals surface area contributed by atoms with Gasteiger partial charge in [-0.1, -0.05) is 6.07 Å². The van der Waals surface area contributed by atoms with Crippen molar-refractivity contribution in [2.75, 3.05) is 0 Å². The van der Waals surface area contributed by atoms with Crippen LogP contribution >= 0.6 is 0 Å². The maximum atomic E-state index is 12.6. The molecule has 0 amide bonds. The molecule has 54 valence electrons. The third kappa shape index (κ3) is 1.22. The molecule has 0 atom stereocenters. The van der Waals surface area contributed by atoms with E-state index in [2.05, 4.69) is 0 Å². The SMILES string of the molecule is N#Cc1c(F)cccc1[NH+]=O. The smallest absolute Gasteiger partial charge is 0.205 e. The van der Waals surface area contributed by atoms with Crippen LogP contribution < -0.4 is 5.18 Å². The van der Waals surface area contributed by atoms with Gasteiger partial charge in [-0.2, -0.15) is 5.26 Å². The second-order valence-electron chi connectivity index (χ2n) is 1.88. The van der Waals surface area contributed by atoms with E-state index in [-0.39, 0.29) is 11.3 Å². The van der Waals surface area contributed by atoms with Gasteiger partial charge in [-0.25, -0.2) is 4.39 Å². The highest BCUT2D eigenvalue weighted by molar-refractivity contribution is 5.47. The minimum absolute atomic E-state index is 0.0347. The Bertz CT molecular complexity index is 330. The highest BCUT2D eigenvalue weighted by Gasteiger charge is 2.11. The van der Waals surface area contributed by atoms with E-state index < -0.39 is 5.82 Å². The predicted octanol–water partition coefficient (Wildman–Crippen LogP) is 0.176. The number of nitrogens with one attached hydrogen (secondary N) is 1. The van der Waals surface area contributed by atoms with Crippen molar-refractivity contribution in [3.8, 4) is 6.07 Å². The van der Waals surface area contributed by atoms with E-state index in [0.717, 1.165) is 6.07 Å². The highest BCUT2D eigenvalue weighted by atomic mass is 19.1. The van der Waals surface area contributed by atoms with Crippen LogP contribution in [0.25, 0.3) is 0 Å². The monoisotopic (exact) mass is 151 g/mol. The molecule has 3 nitrogen and oxygen atoms in total. The minimum atomic E-state index is -0.687. The van der Waals surface area contributed by atoms with Crippen LogP contribution in [0.2, 0.25) is 0 Å². The molecule has 11 heavy (non-hydrogen) atoms. The van der Waals surface area contributed by atoms with Gasteiger partial charge in [0.2, 0.25) is 0 Å². The first-order valence-electron chi connectivity index (χ1n) is 2.86. The zero-order valence-corrected chi connectivity index (χ0v) is 5.47. The molecule has 1 N–H and O–H groups in total. The number of nitriles is 1. The lowest BCUT2D eigenvalue weighted by Crippen LogP contribution is -2.56. The number of hydrogen-bond acceptors (Lipinski definition) is 2. The lowest BCUT2D eigenvalue weighted by atomic mass is 10.2. The topological polar surface area (TPSA) is 54.8 Å². The summed E-state index contributed by atoms with van der Waals surface area (Å²) < 4.78 is 12.6. The van der Waals surface area contributed by atoms with Crippen molar-refractivity contribution in [1.29, 1.82) is 5.26 Å². The van der Waals surface area contributed by atoms with Crippen molar-refractivity contribution in [2.24, 2.45) is 0 Å². The van der Waals surface area contributed by atoms with Crippen LogP contribution in [0.5, 0.6) is 0 Å². The average Bonchev–Trinajstić information content (AvgIpc) is 2.04. The van der Waals surface area contributed by atoms with Crippen LogP contribution in [-0.2, 0) is 0 Å². The summed E-state index contributed by atoms with van der Waals surface area (Å²) >= 11 is 0. The molecule has 0 bridgehead atoms. The Morgan fingerprint density at radius 1 is 1.55 bits per heavy atom. The largest absolute Gasteiger partial charge is 0.274 e. The molecule has 0 saturated heterocycles. The lowest BCUT2D eigenvalue weighted by molar-refractivity contribution is -0.379. The Labute approximate surface area is 62.0 Å². The Balaban J connectivity index is 3.38. The molecule has 0 aliphatic carbocycles.